The van der Waals surface area contributed by atoms with E-state index in [0.717, 1.165) is 41.0 Å². The highest BCUT2D eigenvalue weighted by Gasteiger charge is 2.13. The van der Waals surface area contributed by atoms with Crippen molar-refractivity contribution in [1.82, 2.24) is 5.32 Å². The first-order valence-electron chi connectivity index (χ1n) is 8.64. The number of methoxy groups -OCH3 is 2. The second-order valence-corrected chi connectivity index (χ2v) is 6.11. The number of carbonyl (C=O) groups is 1. The molecule has 4 heteroatoms. The third kappa shape index (κ3) is 5.24. The smallest absolute Gasteiger partial charge is 0.220 e. The van der Waals surface area contributed by atoms with Crippen molar-refractivity contribution < 1.29 is 14.3 Å². The third-order valence-electron chi connectivity index (χ3n) is 4.36. The number of carbonyl (C=O) groups excluding carboxylic acids is 1. The fraction of sp³-hybridized carbons (Fsp3) is 0.381. The molecule has 0 bridgehead atoms. The van der Waals surface area contributed by atoms with E-state index in [2.05, 4.69) is 18.3 Å². The summed E-state index contributed by atoms with van der Waals surface area (Å²) in [6.45, 7) is 4.08. The molecule has 1 amide bonds. The van der Waals surface area contributed by atoms with Gasteiger partial charge in [-0.1, -0.05) is 31.2 Å². The first kappa shape index (κ1) is 18.8. The number of amides is 1. The minimum absolute atomic E-state index is 0.0241. The van der Waals surface area contributed by atoms with Crippen LogP contribution in [0.1, 0.15) is 42.5 Å². The highest BCUT2D eigenvalue weighted by molar-refractivity contribution is 5.76. The van der Waals surface area contributed by atoms with Crippen LogP contribution in [0.25, 0.3) is 0 Å². The number of aryl methyl sites for hydroxylation is 2. The molecular formula is C21H27NO3. The van der Waals surface area contributed by atoms with E-state index in [1.807, 2.05) is 43.3 Å². The Morgan fingerprint density at radius 1 is 1.08 bits per heavy atom. The fourth-order valence-electron chi connectivity index (χ4n) is 2.88. The highest BCUT2D eigenvalue weighted by Crippen LogP contribution is 2.21. The van der Waals surface area contributed by atoms with Crippen molar-refractivity contribution in [2.24, 2.45) is 0 Å². The van der Waals surface area contributed by atoms with Gasteiger partial charge in [0, 0.05) is 6.42 Å². The summed E-state index contributed by atoms with van der Waals surface area (Å²) in [6.07, 6.45) is 2.04. The number of nitrogens with one attached hydrogen (secondary N) is 1. The molecule has 0 unspecified atom stereocenters. The highest BCUT2D eigenvalue weighted by atomic mass is 16.5. The topological polar surface area (TPSA) is 47.6 Å². The van der Waals surface area contributed by atoms with Gasteiger partial charge in [-0.15, -0.1) is 0 Å². The molecule has 0 radical (unpaired) electrons. The van der Waals surface area contributed by atoms with E-state index >= 15 is 0 Å². The van der Waals surface area contributed by atoms with Crippen molar-refractivity contribution in [3.63, 3.8) is 0 Å². The summed E-state index contributed by atoms with van der Waals surface area (Å²) in [5, 5.41) is 3.12. The van der Waals surface area contributed by atoms with Gasteiger partial charge in [-0.3, -0.25) is 4.79 Å². The first-order chi connectivity index (χ1) is 12.1. The molecule has 0 aliphatic carbocycles. The molecule has 0 fully saturated rings. The Kier molecular flexibility index (Phi) is 6.87. The molecule has 1 atom stereocenters. The maximum absolute atomic E-state index is 12.3. The molecule has 4 nitrogen and oxygen atoms in total. The second kappa shape index (κ2) is 9.11. The van der Waals surface area contributed by atoms with Crippen LogP contribution in [0.5, 0.6) is 11.5 Å². The van der Waals surface area contributed by atoms with Crippen molar-refractivity contribution in [2.75, 3.05) is 14.2 Å². The minimum atomic E-state index is 0.0241. The Balaban J connectivity index is 1.92. The largest absolute Gasteiger partial charge is 0.497 e. The molecule has 0 aliphatic rings. The van der Waals surface area contributed by atoms with Gasteiger partial charge >= 0.3 is 0 Å². The Morgan fingerprint density at radius 2 is 1.80 bits per heavy atom. The lowest BCUT2D eigenvalue weighted by molar-refractivity contribution is -0.121. The third-order valence-corrected chi connectivity index (χ3v) is 4.36. The fourth-order valence-corrected chi connectivity index (χ4v) is 2.88. The summed E-state index contributed by atoms with van der Waals surface area (Å²) in [6, 6.07) is 13.9. The SMILES string of the molecule is CC[C@H](NC(=O)CCc1ccc(OC)c(C)c1)c1ccc(OC)cc1. The Bertz CT molecular complexity index is 695. The van der Waals surface area contributed by atoms with Crippen molar-refractivity contribution >= 4 is 5.91 Å². The van der Waals surface area contributed by atoms with Crippen LogP contribution in [0.2, 0.25) is 0 Å². The van der Waals surface area contributed by atoms with Crippen LogP contribution in [0.3, 0.4) is 0 Å². The van der Waals surface area contributed by atoms with E-state index in [-0.39, 0.29) is 11.9 Å². The zero-order chi connectivity index (χ0) is 18.2. The molecule has 2 aromatic rings. The molecule has 0 aromatic heterocycles. The van der Waals surface area contributed by atoms with Crippen LogP contribution in [0.15, 0.2) is 42.5 Å². The summed E-state index contributed by atoms with van der Waals surface area (Å²) >= 11 is 0. The van der Waals surface area contributed by atoms with E-state index in [1.54, 1.807) is 14.2 Å². The van der Waals surface area contributed by atoms with E-state index in [9.17, 15) is 4.79 Å². The van der Waals surface area contributed by atoms with Gasteiger partial charge in [0.05, 0.1) is 20.3 Å². The average Bonchev–Trinajstić information content (AvgIpc) is 2.64. The van der Waals surface area contributed by atoms with Gasteiger partial charge in [0.25, 0.3) is 0 Å². The second-order valence-electron chi connectivity index (χ2n) is 6.11. The Morgan fingerprint density at radius 3 is 2.36 bits per heavy atom. The molecule has 0 spiro atoms. The van der Waals surface area contributed by atoms with Gasteiger partial charge in [0.1, 0.15) is 11.5 Å². The van der Waals surface area contributed by atoms with Crippen molar-refractivity contribution in [1.29, 1.82) is 0 Å². The van der Waals surface area contributed by atoms with Gasteiger partial charge in [0.2, 0.25) is 5.91 Å². The summed E-state index contributed by atoms with van der Waals surface area (Å²) < 4.78 is 10.5. The zero-order valence-electron chi connectivity index (χ0n) is 15.5. The van der Waals surface area contributed by atoms with E-state index < -0.39 is 0 Å². The van der Waals surface area contributed by atoms with Gasteiger partial charge in [-0.2, -0.15) is 0 Å². The summed E-state index contributed by atoms with van der Waals surface area (Å²) in [4.78, 5) is 12.3. The lowest BCUT2D eigenvalue weighted by Crippen LogP contribution is -2.28. The van der Waals surface area contributed by atoms with Gasteiger partial charge in [-0.05, 0) is 54.7 Å². The maximum Gasteiger partial charge on any atom is 0.220 e. The van der Waals surface area contributed by atoms with Gasteiger partial charge < -0.3 is 14.8 Å². The number of hydrogen-bond acceptors (Lipinski definition) is 3. The summed E-state index contributed by atoms with van der Waals surface area (Å²) in [5.74, 6) is 1.76. The molecule has 1 N–H and O–H groups in total. The molecule has 2 rings (SSSR count). The normalized spacial score (nSPS) is 11.7. The van der Waals surface area contributed by atoms with Crippen LogP contribution < -0.4 is 14.8 Å². The molecule has 0 saturated carbocycles. The van der Waals surface area contributed by atoms with E-state index in [4.69, 9.17) is 9.47 Å². The number of hydrogen-bond donors (Lipinski definition) is 1. The van der Waals surface area contributed by atoms with Gasteiger partial charge in [0.15, 0.2) is 0 Å². The van der Waals surface area contributed by atoms with Crippen molar-refractivity contribution in [3.05, 3.63) is 59.2 Å². The zero-order valence-corrected chi connectivity index (χ0v) is 15.5. The molecule has 0 saturated heterocycles. The van der Waals surface area contributed by atoms with Crippen LogP contribution in [-0.2, 0) is 11.2 Å². The molecule has 0 aliphatic heterocycles. The Hall–Kier alpha value is -2.49. The van der Waals surface area contributed by atoms with E-state index in [1.165, 1.54) is 0 Å². The van der Waals surface area contributed by atoms with Crippen molar-refractivity contribution in [3.8, 4) is 11.5 Å². The summed E-state index contributed by atoms with van der Waals surface area (Å²) in [7, 11) is 3.31. The standard InChI is InChI=1S/C21H27NO3/c1-5-19(17-8-10-18(24-3)11-9-17)22-21(23)13-7-16-6-12-20(25-4)15(2)14-16/h6,8-12,14,19H,5,7,13H2,1-4H3,(H,22,23)/t19-/m0/s1. The summed E-state index contributed by atoms with van der Waals surface area (Å²) in [5.41, 5.74) is 3.33. The number of ether oxygens (including phenoxy) is 2. The monoisotopic (exact) mass is 341 g/mol. The number of benzene rings is 2. The lowest BCUT2D eigenvalue weighted by Gasteiger charge is -2.18. The van der Waals surface area contributed by atoms with Crippen molar-refractivity contribution in [2.45, 2.75) is 39.2 Å². The minimum Gasteiger partial charge on any atom is -0.497 e. The molecule has 25 heavy (non-hydrogen) atoms. The van der Waals surface area contributed by atoms with Crippen LogP contribution >= 0.6 is 0 Å². The molecule has 134 valence electrons. The van der Waals surface area contributed by atoms with Crippen LogP contribution in [0.4, 0.5) is 0 Å². The number of rotatable bonds is 8. The molecular weight excluding hydrogens is 314 g/mol. The lowest BCUT2D eigenvalue weighted by atomic mass is 10.0. The maximum atomic E-state index is 12.3. The molecule has 0 heterocycles. The predicted molar refractivity (Wildman–Crippen MR) is 100 cm³/mol. The first-order valence-corrected chi connectivity index (χ1v) is 8.64. The van der Waals surface area contributed by atoms with Gasteiger partial charge in [-0.25, -0.2) is 0 Å². The van der Waals surface area contributed by atoms with Crippen LogP contribution in [0, 0.1) is 6.92 Å². The van der Waals surface area contributed by atoms with Crippen LogP contribution in [-0.4, -0.2) is 20.1 Å². The quantitative estimate of drug-likeness (QED) is 0.782. The van der Waals surface area contributed by atoms with E-state index in [0.29, 0.717) is 6.42 Å². The predicted octanol–water partition coefficient (Wildman–Crippen LogP) is 4.21. The Labute approximate surface area is 150 Å². The average molecular weight is 341 g/mol. The molecule has 2 aromatic carbocycles.